The van der Waals surface area contributed by atoms with Crippen LogP contribution in [0.15, 0.2) is 34.1 Å². The van der Waals surface area contributed by atoms with Crippen molar-refractivity contribution in [2.24, 2.45) is 0 Å². The number of benzene rings is 1. The Morgan fingerprint density at radius 2 is 2.16 bits per heavy atom. The third-order valence-electron chi connectivity index (χ3n) is 2.67. The quantitative estimate of drug-likeness (QED) is 0.837. The van der Waals surface area contributed by atoms with E-state index in [2.05, 4.69) is 22.0 Å². The third-order valence-corrected chi connectivity index (χ3v) is 4.35. The molecule has 2 nitrogen and oxygen atoms in total. The molecule has 0 unspecified atom stereocenters. The number of thiophene rings is 1. The first kappa shape index (κ1) is 14.2. The van der Waals surface area contributed by atoms with Crippen molar-refractivity contribution in [1.29, 1.82) is 5.26 Å². The van der Waals surface area contributed by atoms with E-state index in [1.807, 2.05) is 23.4 Å². The summed E-state index contributed by atoms with van der Waals surface area (Å²) in [5.41, 5.74) is 0.961. The van der Waals surface area contributed by atoms with Crippen molar-refractivity contribution in [3.63, 3.8) is 0 Å². The largest absolute Gasteiger partial charge is 0.297 e. The first-order valence-electron chi connectivity index (χ1n) is 5.68. The Hall–Kier alpha value is -1.22. The van der Waals surface area contributed by atoms with Crippen LogP contribution in [-0.2, 0) is 13.1 Å². The highest BCUT2D eigenvalue weighted by atomic mass is 79.9. The molecular formula is C14H12BrFN2S. The van der Waals surface area contributed by atoms with Crippen molar-refractivity contribution >= 4 is 27.3 Å². The Labute approximate surface area is 124 Å². The normalized spacial score (nSPS) is 10.7. The van der Waals surface area contributed by atoms with Gasteiger partial charge in [0.15, 0.2) is 0 Å². The molecule has 1 heterocycles. The maximum atomic E-state index is 13.8. The van der Waals surface area contributed by atoms with Gasteiger partial charge in [-0.2, -0.15) is 5.26 Å². The minimum Gasteiger partial charge on any atom is -0.297 e. The summed E-state index contributed by atoms with van der Waals surface area (Å²) in [4.78, 5) is 3.27. The highest BCUT2D eigenvalue weighted by Gasteiger charge is 2.08. The predicted molar refractivity (Wildman–Crippen MR) is 78.3 cm³/mol. The summed E-state index contributed by atoms with van der Waals surface area (Å²) in [5, 5.41) is 10.7. The molecule has 1 aromatic heterocycles. The first-order valence-corrected chi connectivity index (χ1v) is 7.35. The highest BCUT2D eigenvalue weighted by molar-refractivity contribution is 9.10. The van der Waals surface area contributed by atoms with Crippen molar-refractivity contribution in [2.75, 3.05) is 7.05 Å². The van der Waals surface area contributed by atoms with E-state index in [-0.39, 0.29) is 5.82 Å². The Balaban J connectivity index is 2.03. The fourth-order valence-corrected chi connectivity index (χ4v) is 3.32. The van der Waals surface area contributed by atoms with Crippen LogP contribution in [0.4, 0.5) is 4.39 Å². The van der Waals surface area contributed by atoms with Crippen LogP contribution in [0.2, 0.25) is 0 Å². The van der Waals surface area contributed by atoms with E-state index in [0.717, 1.165) is 11.0 Å². The molecule has 0 spiro atoms. The molecule has 0 aliphatic heterocycles. The van der Waals surface area contributed by atoms with Gasteiger partial charge in [-0.05, 0) is 41.2 Å². The van der Waals surface area contributed by atoms with Gasteiger partial charge in [-0.15, -0.1) is 11.3 Å². The molecule has 2 rings (SSSR count). The molecule has 2 aromatic rings. The lowest BCUT2D eigenvalue weighted by molar-refractivity contribution is 0.316. The summed E-state index contributed by atoms with van der Waals surface area (Å²) in [7, 11) is 1.95. The Kier molecular flexibility index (Phi) is 4.70. The van der Waals surface area contributed by atoms with Gasteiger partial charge in [0.05, 0.1) is 11.6 Å². The van der Waals surface area contributed by atoms with Crippen LogP contribution in [0.3, 0.4) is 0 Å². The summed E-state index contributed by atoms with van der Waals surface area (Å²) >= 11 is 5.09. The molecule has 1 aromatic carbocycles. The second-order valence-electron chi connectivity index (χ2n) is 4.32. The van der Waals surface area contributed by atoms with Gasteiger partial charge in [0.2, 0.25) is 0 Å². The second kappa shape index (κ2) is 6.29. The van der Waals surface area contributed by atoms with Gasteiger partial charge in [-0.1, -0.05) is 6.07 Å². The molecule has 19 heavy (non-hydrogen) atoms. The van der Waals surface area contributed by atoms with Crippen LogP contribution in [-0.4, -0.2) is 11.9 Å². The summed E-state index contributed by atoms with van der Waals surface area (Å²) in [6.45, 7) is 1.29. The maximum absolute atomic E-state index is 13.8. The SMILES string of the molecule is CN(Cc1cc(Br)cs1)Cc1ccc(C#N)cc1F. The van der Waals surface area contributed by atoms with E-state index < -0.39 is 0 Å². The van der Waals surface area contributed by atoms with Crippen LogP contribution >= 0.6 is 27.3 Å². The molecule has 0 amide bonds. The van der Waals surface area contributed by atoms with Gasteiger partial charge in [0.1, 0.15) is 5.82 Å². The molecule has 0 atom stereocenters. The van der Waals surface area contributed by atoms with Crippen LogP contribution in [0.1, 0.15) is 16.0 Å². The zero-order valence-corrected chi connectivity index (χ0v) is 12.8. The molecule has 0 saturated carbocycles. The monoisotopic (exact) mass is 338 g/mol. The number of hydrogen-bond donors (Lipinski definition) is 0. The molecule has 0 saturated heterocycles. The molecule has 0 bridgehead atoms. The average Bonchev–Trinajstić information content (AvgIpc) is 2.77. The smallest absolute Gasteiger partial charge is 0.129 e. The van der Waals surface area contributed by atoms with Crippen LogP contribution in [0.25, 0.3) is 0 Å². The predicted octanol–water partition coefficient (Wildman–Crippen LogP) is 4.15. The first-order chi connectivity index (χ1) is 9.08. The van der Waals surface area contributed by atoms with E-state index in [1.165, 1.54) is 10.9 Å². The second-order valence-corrected chi connectivity index (χ2v) is 6.23. The molecular weight excluding hydrogens is 327 g/mol. The topological polar surface area (TPSA) is 27.0 Å². The molecule has 0 aliphatic carbocycles. The maximum Gasteiger partial charge on any atom is 0.129 e. The Morgan fingerprint density at radius 3 is 2.74 bits per heavy atom. The lowest BCUT2D eigenvalue weighted by Gasteiger charge is -2.16. The van der Waals surface area contributed by atoms with Gasteiger partial charge in [-0.25, -0.2) is 4.39 Å². The van der Waals surface area contributed by atoms with Gasteiger partial charge in [-0.3, -0.25) is 4.90 Å². The van der Waals surface area contributed by atoms with Crippen molar-refractivity contribution in [3.05, 3.63) is 55.9 Å². The van der Waals surface area contributed by atoms with E-state index in [9.17, 15) is 4.39 Å². The zero-order valence-electron chi connectivity index (χ0n) is 10.4. The summed E-state index contributed by atoms with van der Waals surface area (Å²) in [6.07, 6.45) is 0. The number of halogens is 2. The molecule has 98 valence electrons. The van der Waals surface area contributed by atoms with E-state index in [0.29, 0.717) is 17.7 Å². The van der Waals surface area contributed by atoms with E-state index in [4.69, 9.17) is 5.26 Å². The number of nitrogens with zero attached hydrogens (tertiary/aromatic N) is 2. The Morgan fingerprint density at radius 1 is 1.37 bits per heavy atom. The van der Waals surface area contributed by atoms with Crippen molar-refractivity contribution < 1.29 is 4.39 Å². The minimum absolute atomic E-state index is 0.321. The zero-order chi connectivity index (χ0) is 13.8. The summed E-state index contributed by atoms with van der Waals surface area (Å²) in [6, 6.07) is 8.60. The molecule has 0 radical (unpaired) electrons. The fourth-order valence-electron chi connectivity index (χ4n) is 1.79. The number of rotatable bonds is 4. The third kappa shape index (κ3) is 3.87. The highest BCUT2D eigenvalue weighted by Crippen LogP contribution is 2.21. The average molecular weight is 339 g/mol. The lowest BCUT2D eigenvalue weighted by Crippen LogP contribution is -2.17. The molecule has 0 fully saturated rings. The van der Waals surface area contributed by atoms with Crippen molar-refractivity contribution in [1.82, 2.24) is 4.90 Å². The summed E-state index contributed by atoms with van der Waals surface area (Å²) in [5.74, 6) is -0.321. The Bertz CT molecular complexity index is 618. The molecule has 0 aliphatic rings. The van der Waals surface area contributed by atoms with Crippen molar-refractivity contribution in [3.8, 4) is 6.07 Å². The van der Waals surface area contributed by atoms with Gasteiger partial charge >= 0.3 is 0 Å². The van der Waals surface area contributed by atoms with E-state index >= 15 is 0 Å². The lowest BCUT2D eigenvalue weighted by atomic mass is 10.1. The molecule has 0 N–H and O–H groups in total. The molecule has 5 heteroatoms. The number of hydrogen-bond acceptors (Lipinski definition) is 3. The van der Waals surface area contributed by atoms with Crippen LogP contribution in [0.5, 0.6) is 0 Å². The van der Waals surface area contributed by atoms with Crippen molar-refractivity contribution in [2.45, 2.75) is 13.1 Å². The van der Waals surface area contributed by atoms with Crippen LogP contribution in [0, 0.1) is 17.1 Å². The number of nitriles is 1. The van der Waals surface area contributed by atoms with Crippen LogP contribution < -0.4 is 0 Å². The van der Waals surface area contributed by atoms with E-state index in [1.54, 1.807) is 23.5 Å². The van der Waals surface area contributed by atoms with Gasteiger partial charge in [0.25, 0.3) is 0 Å². The summed E-state index contributed by atoms with van der Waals surface area (Å²) < 4.78 is 14.8. The standard InChI is InChI=1S/C14H12BrFN2S/c1-18(8-13-5-12(15)9-19-13)7-11-3-2-10(6-17)4-14(11)16/h2-5,9H,7-8H2,1H3. The van der Waals surface area contributed by atoms with Gasteiger partial charge in [0, 0.05) is 33.4 Å². The minimum atomic E-state index is -0.321. The fraction of sp³-hybridized carbons (Fsp3) is 0.214. The van der Waals surface area contributed by atoms with Gasteiger partial charge < -0.3 is 0 Å².